The highest BCUT2D eigenvalue weighted by Gasteiger charge is 2.28. The Bertz CT molecular complexity index is 887. The summed E-state index contributed by atoms with van der Waals surface area (Å²) in [6, 6.07) is 9.84. The topological polar surface area (TPSA) is 61.9 Å². The Morgan fingerprint density at radius 2 is 1.82 bits per heavy atom. The SMILES string of the molecule is Cc1ccc(C(=O)N2CCN(C(=O)NC3COc4c(C)cccc4C3)CC2)s1. The molecule has 1 atom stereocenters. The van der Waals surface area contributed by atoms with Gasteiger partial charge in [-0.1, -0.05) is 18.2 Å². The van der Waals surface area contributed by atoms with E-state index >= 15 is 0 Å². The zero-order chi connectivity index (χ0) is 19.7. The van der Waals surface area contributed by atoms with E-state index < -0.39 is 0 Å². The van der Waals surface area contributed by atoms with Crippen molar-refractivity contribution in [3.05, 3.63) is 51.2 Å². The minimum Gasteiger partial charge on any atom is -0.491 e. The zero-order valence-corrected chi connectivity index (χ0v) is 17.1. The van der Waals surface area contributed by atoms with Crippen LogP contribution in [-0.2, 0) is 6.42 Å². The van der Waals surface area contributed by atoms with Crippen molar-refractivity contribution in [1.82, 2.24) is 15.1 Å². The second kappa shape index (κ2) is 7.83. The van der Waals surface area contributed by atoms with Crippen molar-refractivity contribution < 1.29 is 14.3 Å². The van der Waals surface area contributed by atoms with E-state index in [2.05, 4.69) is 11.4 Å². The molecule has 0 bridgehead atoms. The number of aryl methyl sites for hydroxylation is 2. The van der Waals surface area contributed by atoms with Crippen LogP contribution < -0.4 is 10.1 Å². The Kier molecular flexibility index (Phi) is 5.26. The number of fused-ring (bicyclic) bond motifs is 1. The summed E-state index contributed by atoms with van der Waals surface area (Å²) in [5.41, 5.74) is 2.27. The molecule has 7 heteroatoms. The van der Waals surface area contributed by atoms with Crippen LogP contribution >= 0.6 is 11.3 Å². The van der Waals surface area contributed by atoms with Gasteiger partial charge in [0.2, 0.25) is 0 Å². The first-order valence-electron chi connectivity index (χ1n) is 9.63. The number of thiophene rings is 1. The van der Waals surface area contributed by atoms with Crippen LogP contribution in [0.25, 0.3) is 0 Å². The van der Waals surface area contributed by atoms with Crippen molar-refractivity contribution in [2.45, 2.75) is 26.3 Å². The van der Waals surface area contributed by atoms with Gasteiger partial charge in [0.1, 0.15) is 12.4 Å². The predicted octanol–water partition coefficient (Wildman–Crippen LogP) is 2.84. The molecule has 1 saturated heterocycles. The summed E-state index contributed by atoms with van der Waals surface area (Å²) in [7, 11) is 0. The molecule has 1 aromatic heterocycles. The minimum atomic E-state index is -0.0798. The Labute approximate surface area is 169 Å². The first-order valence-corrected chi connectivity index (χ1v) is 10.5. The van der Waals surface area contributed by atoms with Crippen LogP contribution in [0.1, 0.15) is 25.7 Å². The van der Waals surface area contributed by atoms with E-state index in [1.54, 1.807) is 4.90 Å². The van der Waals surface area contributed by atoms with E-state index in [4.69, 9.17) is 4.74 Å². The number of para-hydroxylation sites is 1. The van der Waals surface area contributed by atoms with Crippen LogP contribution in [0.3, 0.4) is 0 Å². The standard InChI is InChI=1S/C21H25N3O3S/c1-14-4-3-5-16-12-17(13-27-19(14)16)22-21(26)24-10-8-23(9-11-24)20(25)18-7-6-15(2)28-18/h3-7,17H,8-13H2,1-2H3,(H,22,26). The lowest BCUT2D eigenvalue weighted by atomic mass is 10.00. The van der Waals surface area contributed by atoms with Crippen molar-refractivity contribution in [2.75, 3.05) is 32.8 Å². The van der Waals surface area contributed by atoms with Crippen molar-refractivity contribution >= 4 is 23.3 Å². The summed E-state index contributed by atoms with van der Waals surface area (Å²) >= 11 is 1.52. The highest BCUT2D eigenvalue weighted by molar-refractivity contribution is 7.13. The molecule has 2 aliphatic heterocycles. The number of rotatable bonds is 2. The fourth-order valence-electron chi connectivity index (χ4n) is 3.77. The largest absolute Gasteiger partial charge is 0.491 e. The van der Waals surface area contributed by atoms with Crippen molar-refractivity contribution in [3.8, 4) is 5.75 Å². The average Bonchev–Trinajstić information content (AvgIpc) is 3.14. The van der Waals surface area contributed by atoms with Crippen LogP contribution in [0, 0.1) is 13.8 Å². The van der Waals surface area contributed by atoms with Gasteiger partial charge < -0.3 is 19.9 Å². The summed E-state index contributed by atoms with van der Waals surface area (Å²) in [5, 5.41) is 3.09. The highest BCUT2D eigenvalue weighted by atomic mass is 32.1. The molecule has 2 aliphatic rings. The van der Waals surface area contributed by atoms with Gasteiger partial charge in [-0.05, 0) is 43.5 Å². The number of piperazine rings is 1. The van der Waals surface area contributed by atoms with Crippen LogP contribution in [0.4, 0.5) is 4.79 Å². The highest BCUT2D eigenvalue weighted by Crippen LogP contribution is 2.28. The summed E-state index contributed by atoms with van der Waals surface area (Å²) in [6.45, 7) is 6.74. The molecular weight excluding hydrogens is 374 g/mol. The molecule has 1 fully saturated rings. The number of hydrogen-bond donors (Lipinski definition) is 1. The minimum absolute atomic E-state index is 0.0319. The summed E-state index contributed by atoms with van der Waals surface area (Å²) in [5.74, 6) is 1.01. The zero-order valence-electron chi connectivity index (χ0n) is 16.2. The normalized spacial score (nSPS) is 19.0. The molecule has 3 heterocycles. The predicted molar refractivity (Wildman–Crippen MR) is 109 cm³/mol. The molecular formula is C21H25N3O3S. The van der Waals surface area contributed by atoms with Crippen molar-refractivity contribution in [1.29, 1.82) is 0 Å². The molecule has 1 aromatic carbocycles. The van der Waals surface area contributed by atoms with Crippen molar-refractivity contribution in [3.63, 3.8) is 0 Å². The third-order valence-corrected chi connectivity index (χ3v) is 6.31. The number of carbonyl (C=O) groups excluding carboxylic acids is 2. The fraction of sp³-hybridized carbons (Fsp3) is 0.429. The van der Waals surface area contributed by atoms with E-state index in [1.807, 2.05) is 43.0 Å². The quantitative estimate of drug-likeness (QED) is 0.845. The maximum absolute atomic E-state index is 12.7. The third kappa shape index (κ3) is 3.85. The molecule has 4 rings (SSSR count). The second-order valence-corrected chi connectivity index (χ2v) is 8.70. The Morgan fingerprint density at radius 3 is 2.54 bits per heavy atom. The van der Waals surface area contributed by atoms with E-state index in [0.717, 1.165) is 33.1 Å². The van der Waals surface area contributed by atoms with Gasteiger partial charge in [0.15, 0.2) is 0 Å². The molecule has 6 nitrogen and oxygen atoms in total. The summed E-state index contributed by atoms with van der Waals surface area (Å²) < 4.78 is 5.87. The number of nitrogens with zero attached hydrogens (tertiary/aromatic N) is 2. The molecule has 1 N–H and O–H groups in total. The first kappa shape index (κ1) is 18.8. The third-order valence-electron chi connectivity index (χ3n) is 5.32. The second-order valence-electron chi connectivity index (χ2n) is 7.41. The van der Waals surface area contributed by atoms with Gasteiger partial charge in [-0.3, -0.25) is 4.79 Å². The van der Waals surface area contributed by atoms with Gasteiger partial charge in [0.25, 0.3) is 5.91 Å². The lowest BCUT2D eigenvalue weighted by Gasteiger charge is -2.36. The molecule has 3 amide bonds. The number of urea groups is 1. The Hall–Kier alpha value is -2.54. The van der Waals surface area contributed by atoms with Gasteiger partial charge in [-0.25, -0.2) is 4.79 Å². The van der Waals surface area contributed by atoms with Crippen LogP contribution in [-0.4, -0.2) is 60.6 Å². The fourth-order valence-corrected chi connectivity index (χ4v) is 4.60. The first-order chi connectivity index (χ1) is 13.5. The number of hydrogen-bond acceptors (Lipinski definition) is 4. The number of nitrogens with one attached hydrogen (secondary N) is 1. The molecule has 0 aliphatic carbocycles. The van der Waals surface area contributed by atoms with Crippen LogP contribution in [0.15, 0.2) is 30.3 Å². The molecule has 1 unspecified atom stereocenters. The number of ether oxygens (including phenoxy) is 1. The number of amides is 3. The molecule has 0 spiro atoms. The van der Waals surface area contributed by atoms with E-state index in [9.17, 15) is 9.59 Å². The molecule has 0 saturated carbocycles. The lowest BCUT2D eigenvalue weighted by molar-refractivity contribution is 0.0666. The average molecular weight is 400 g/mol. The van der Waals surface area contributed by atoms with Crippen molar-refractivity contribution in [2.24, 2.45) is 0 Å². The monoisotopic (exact) mass is 399 g/mol. The summed E-state index contributed by atoms with van der Waals surface area (Å²) in [6.07, 6.45) is 0.777. The maximum atomic E-state index is 12.7. The van der Waals surface area contributed by atoms with Gasteiger partial charge in [0, 0.05) is 31.1 Å². The van der Waals surface area contributed by atoms with E-state index in [-0.39, 0.29) is 18.0 Å². The molecule has 0 radical (unpaired) electrons. The number of carbonyl (C=O) groups is 2. The Balaban J connectivity index is 1.29. The van der Waals surface area contributed by atoms with E-state index in [1.165, 1.54) is 11.3 Å². The van der Waals surface area contributed by atoms with Crippen LogP contribution in [0.5, 0.6) is 5.75 Å². The van der Waals surface area contributed by atoms with Gasteiger partial charge in [0.05, 0.1) is 10.9 Å². The summed E-state index contributed by atoms with van der Waals surface area (Å²) in [4.78, 5) is 30.7. The molecule has 148 valence electrons. The number of benzene rings is 1. The maximum Gasteiger partial charge on any atom is 0.317 e. The van der Waals surface area contributed by atoms with Gasteiger partial charge in [-0.15, -0.1) is 11.3 Å². The molecule has 2 aromatic rings. The van der Waals surface area contributed by atoms with Gasteiger partial charge >= 0.3 is 6.03 Å². The molecule has 28 heavy (non-hydrogen) atoms. The smallest absolute Gasteiger partial charge is 0.317 e. The Morgan fingerprint density at radius 1 is 1.07 bits per heavy atom. The van der Waals surface area contributed by atoms with Crippen LogP contribution in [0.2, 0.25) is 0 Å². The van der Waals surface area contributed by atoms with Gasteiger partial charge in [-0.2, -0.15) is 0 Å². The van der Waals surface area contributed by atoms with E-state index in [0.29, 0.717) is 32.8 Å². The lowest BCUT2D eigenvalue weighted by Crippen LogP contribution is -2.55.